The van der Waals surface area contributed by atoms with Gasteiger partial charge in [-0.05, 0) is 25.3 Å². The highest BCUT2D eigenvalue weighted by Crippen LogP contribution is 2.15. The van der Waals surface area contributed by atoms with Crippen molar-refractivity contribution in [3.8, 4) is 0 Å². The minimum absolute atomic E-state index is 0.236. The number of aryl methyl sites for hydroxylation is 1. The smallest absolute Gasteiger partial charge is 0.0700 e. The van der Waals surface area contributed by atoms with Gasteiger partial charge >= 0.3 is 0 Å². The lowest BCUT2D eigenvalue weighted by Crippen LogP contribution is -2.34. The Morgan fingerprint density at radius 1 is 1.41 bits per heavy atom. The number of ether oxygens (including phenoxy) is 1. The highest BCUT2D eigenvalue weighted by Gasteiger charge is 2.17. The molecular formula is C14H22N2O. The zero-order valence-electron chi connectivity index (χ0n) is 10.5. The Morgan fingerprint density at radius 2 is 2.18 bits per heavy atom. The molecule has 0 radical (unpaired) electrons. The Morgan fingerprint density at radius 3 is 2.76 bits per heavy atom. The van der Waals surface area contributed by atoms with Crippen LogP contribution in [0, 0.1) is 6.92 Å². The Balaban J connectivity index is 1.89. The summed E-state index contributed by atoms with van der Waals surface area (Å²) in [7, 11) is 0. The van der Waals surface area contributed by atoms with Crippen LogP contribution >= 0.6 is 0 Å². The molecule has 0 amide bonds. The van der Waals surface area contributed by atoms with Crippen molar-refractivity contribution in [1.29, 1.82) is 0 Å². The van der Waals surface area contributed by atoms with Crippen molar-refractivity contribution in [3.63, 3.8) is 0 Å². The van der Waals surface area contributed by atoms with E-state index in [0.29, 0.717) is 12.6 Å². The van der Waals surface area contributed by atoms with Gasteiger partial charge in [0.15, 0.2) is 0 Å². The van der Waals surface area contributed by atoms with E-state index in [1.165, 1.54) is 17.5 Å². The van der Waals surface area contributed by atoms with Gasteiger partial charge in [0.05, 0.1) is 6.10 Å². The minimum atomic E-state index is 0.236. The van der Waals surface area contributed by atoms with Crippen LogP contribution in [-0.4, -0.2) is 25.8 Å². The summed E-state index contributed by atoms with van der Waals surface area (Å²) >= 11 is 0. The van der Waals surface area contributed by atoms with Gasteiger partial charge in [0, 0.05) is 25.7 Å². The molecule has 0 aliphatic carbocycles. The number of nitrogens with one attached hydrogen (secondary N) is 1. The third kappa shape index (κ3) is 3.53. The molecule has 3 nitrogen and oxygen atoms in total. The second-order valence-electron chi connectivity index (χ2n) is 4.74. The Kier molecular flexibility index (Phi) is 4.54. The van der Waals surface area contributed by atoms with Gasteiger partial charge in [0.25, 0.3) is 0 Å². The number of rotatable bonds is 5. The van der Waals surface area contributed by atoms with Crippen molar-refractivity contribution in [2.24, 2.45) is 5.73 Å². The van der Waals surface area contributed by atoms with E-state index in [-0.39, 0.29) is 6.04 Å². The molecule has 0 aromatic heterocycles. The third-order valence-electron chi connectivity index (χ3n) is 3.33. The van der Waals surface area contributed by atoms with Crippen LogP contribution in [0.2, 0.25) is 0 Å². The Hall–Kier alpha value is -0.900. The van der Waals surface area contributed by atoms with Gasteiger partial charge < -0.3 is 15.8 Å². The summed E-state index contributed by atoms with van der Waals surface area (Å²) in [6.45, 7) is 4.52. The van der Waals surface area contributed by atoms with Gasteiger partial charge in [-0.1, -0.05) is 29.8 Å². The largest absolute Gasteiger partial charge is 0.377 e. The van der Waals surface area contributed by atoms with Crippen LogP contribution in [0.3, 0.4) is 0 Å². The van der Waals surface area contributed by atoms with Crippen LogP contribution < -0.4 is 11.1 Å². The molecule has 0 bridgehead atoms. The standard InChI is InChI=1S/C14H22N2O/c1-11-4-6-12(7-5-11)14(9-15)16-10-13-3-2-8-17-13/h4-7,13-14,16H,2-3,8-10,15H2,1H3. The molecule has 1 saturated heterocycles. The molecular weight excluding hydrogens is 212 g/mol. The highest BCUT2D eigenvalue weighted by molar-refractivity contribution is 5.24. The quantitative estimate of drug-likeness (QED) is 0.816. The van der Waals surface area contributed by atoms with Gasteiger partial charge in [-0.15, -0.1) is 0 Å². The molecule has 2 atom stereocenters. The SMILES string of the molecule is Cc1ccc(C(CN)NCC2CCCO2)cc1. The molecule has 1 aromatic carbocycles. The van der Waals surface area contributed by atoms with Crippen molar-refractivity contribution >= 4 is 0 Å². The highest BCUT2D eigenvalue weighted by atomic mass is 16.5. The Bertz CT molecular complexity index is 331. The predicted octanol–water partition coefficient (Wildman–Crippen LogP) is 1.76. The molecule has 1 fully saturated rings. The van der Waals surface area contributed by atoms with Crippen molar-refractivity contribution < 1.29 is 4.74 Å². The third-order valence-corrected chi connectivity index (χ3v) is 3.33. The first kappa shape index (κ1) is 12.6. The number of hydrogen-bond donors (Lipinski definition) is 2. The number of hydrogen-bond acceptors (Lipinski definition) is 3. The summed E-state index contributed by atoms with van der Waals surface area (Å²) in [6, 6.07) is 8.79. The van der Waals surface area contributed by atoms with E-state index in [1.54, 1.807) is 0 Å². The molecule has 0 saturated carbocycles. The molecule has 3 N–H and O–H groups in total. The number of benzene rings is 1. The molecule has 2 rings (SSSR count). The molecule has 1 aromatic rings. The molecule has 17 heavy (non-hydrogen) atoms. The van der Waals surface area contributed by atoms with Crippen LogP contribution in [0.15, 0.2) is 24.3 Å². The van der Waals surface area contributed by atoms with E-state index in [1.807, 2.05) is 0 Å². The summed E-state index contributed by atoms with van der Waals surface area (Å²) in [5, 5.41) is 3.50. The van der Waals surface area contributed by atoms with Crippen molar-refractivity contribution in [2.45, 2.75) is 31.9 Å². The lowest BCUT2D eigenvalue weighted by molar-refractivity contribution is 0.107. The van der Waals surface area contributed by atoms with Crippen molar-refractivity contribution in [2.75, 3.05) is 19.7 Å². The van der Waals surface area contributed by atoms with E-state index in [9.17, 15) is 0 Å². The summed E-state index contributed by atoms with van der Waals surface area (Å²) in [6.07, 6.45) is 2.72. The van der Waals surface area contributed by atoms with Crippen LogP contribution in [0.1, 0.15) is 30.0 Å². The summed E-state index contributed by atoms with van der Waals surface area (Å²) in [5.41, 5.74) is 8.37. The Labute approximate surface area is 103 Å². The fraction of sp³-hybridized carbons (Fsp3) is 0.571. The van der Waals surface area contributed by atoms with Crippen LogP contribution in [0.4, 0.5) is 0 Å². The minimum Gasteiger partial charge on any atom is -0.377 e. The zero-order chi connectivity index (χ0) is 12.1. The molecule has 1 aliphatic heterocycles. The lowest BCUT2D eigenvalue weighted by Gasteiger charge is -2.19. The van der Waals surface area contributed by atoms with Crippen molar-refractivity contribution in [3.05, 3.63) is 35.4 Å². The first-order valence-corrected chi connectivity index (χ1v) is 6.41. The monoisotopic (exact) mass is 234 g/mol. The summed E-state index contributed by atoms with van der Waals surface area (Å²) < 4.78 is 5.60. The summed E-state index contributed by atoms with van der Waals surface area (Å²) in [4.78, 5) is 0. The maximum absolute atomic E-state index is 5.82. The van der Waals surface area contributed by atoms with Crippen LogP contribution in [0.5, 0.6) is 0 Å². The topological polar surface area (TPSA) is 47.3 Å². The van der Waals surface area contributed by atoms with Gasteiger partial charge in [-0.2, -0.15) is 0 Å². The summed E-state index contributed by atoms with van der Waals surface area (Å²) in [5.74, 6) is 0. The van der Waals surface area contributed by atoms with E-state index in [2.05, 4.69) is 36.5 Å². The van der Waals surface area contributed by atoms with E-state index < -0.39 is 0 Å². The molecule has 1 heterocycles. The predicted molar refractivity (Wildman–Crippen MR) is 70.0 cm³/mol. The maximum Gasteiger partial charge on any atom is 0.0700 e. The second kappa shape index (κ2) is 6.15. The maximum atomic E-state index is 5.82. The van der Waals surface area contributed by atoms with E-state index in [4.69, 9.17) is 10.5 Å². The van der Waals surface area contributed by atoms with Gasteiger partial charge in [-0.25, -0.2) is 0 Å². The fourth-order valence-electron chi connectivity index (χ4n) is 2.22. The lowest BCUT2D eigenvalue weighted by atomic mass is 10.0. The van der Waals surface area contributed by atoms with E-state index >= 15 is 0 Å². The average molecular weight is 234 g/mol. The normalized spacial score (nSPS) is 21.6. The van der Waals surface area contributed by atoms with Gasteiger partial charge in [0.2, 0.25) is 0 Å². The average Bonchev–Trinajstić information content (AvgIpc) is 2.85. The molecule has 3 heteroatoms. The van der Waals surface area contributed by atoms with E-state index in [0.717, 1.165) is 19.6 Å². The van der Waals surface area contributed by atoms with Gasteiger partial charge in [-0.3, -0.25) is 0 Å². The second-order valence-corrected chi connectivity index (χ2v) is 4.74. The molecule has 1 aliphatic rings. The molecule has 2 unspecified atom stereocenters. The van der Waals surface area contributed by atoms with Crippen LogP contribution in [0.25, 0.3) is 0 Å². The number of nitrogens with two attached hydrogens (primary N) is 1. The fourth-order valence-corrected chi connectivity index (χ4v) is 2.22. The first-order valence-electron chi connectivity index (χ1n) is 6.41. The van der Waals surface area contributed by atoms with Crippen molar-refractivity contribution in [1.82, 2.24) is 5.32 Å². The zero-order valence-corrected chi connectivity index (χ0v) is 10.5. The van der Waals surface area contributed by atoms with Crippen LogP contribution in [-0.2, 0) is 4.74 Å². The first-order chi connectivity index (χ1) is 8.29. The van der Waals surface area contributed by atoms with Gasteiger partial charge in [0.1, 0.15) is 0 Å². The molecule has 94 valence electrons. The molecule has 0 spiro atoms.